The van der Waals surface area contributed by atoms with Gasteiger partial charge in [0.25, 0.3) is 0 Å². The summed E-state index contributed by atoms with van der Waals surface area (Å²) < 4.78 is 3.51. The van der Waals surface area contributed by atoms with Gasteiger partial charge in [-0.15, -0.1) is 11.6 Å². The normalized spacial score (nSPS) is 15.5. The number of rotatable bonds is 7. The molecule has 0 saturated heterocycles. The molecular formula is C15H19Cl3O3. The Morgan fingerprint density at radius 1 is 1.29 bits per heavy atom. The lowest BCUT2D eigenvalue weighted by Crippen LogP contribution is -2.39. The topological polar surface area (TPSA) is 46.5 Å². The molecule has 0 amide bonds. The van der Waals surface area contributed by atoms with Crippen LogP contribution in [0.25, 0.3) is 0 Å². The number of hydrogen-bond donors (Lipinski definition) is 1. The highest BCUT2D eigenvalue weighted by molar-refractivity contribution is 6.47. The third-order valence-electron chi connectivity index (χ3n) is 3.65. The number of carboxylic acid groups (broad SMARTS) is 1. The van der Waals surface area contributed by atoms with E-state index in [4.69, 9.17) is 39.5 Å². The lowest BCUT2D eigenvalue weighted by Gasteiger charge is -2.37. The first-order valence-electron chi connectivity index (χ1n) is 6.46. The molecule has 0 bridgehead atoms. The number of ether oxygens (including phenoxy) is 1. The summed E-state index contributed by atoms with van der Waals surface area (Å²) in [4.78, 5) is 11.7. The maximum atomic E-state index is 11.7. The Labute approximate surface area is 140 Å². The van der Waals surface area contributed by atoms with Crippen LogP contribution in [0.1, 0.15) is 31.7 Å². The largest absolute Gasteiger partial charge is 0.481 e. The first-order chi connectivity index (χ1) is 9.62. The zero-order valence-corrected chi connectivity index (χ0v) is 14.4. The molecule has 0 radical (unpaired) electrons. The first-order valence-corrected chi connectivity index (χ1v) is 7.66. The summed E-state index contributed by atoms with van der Waals surface area (Å²) >= 11 is 18.3. The van der Waals surface area contributed by atoms with Crippen LogP contribution in [0.4, 0.5) is 0 Å². The molecule has 0 saturated carbocycles. The van der Waals surface area contributed by atoms with Gasteiger partial charge in [0.05, 0.1) is 5.92 Å². The van der Waals surface area contributed by atoms with E-state index in [0.717, 1.165) is 0 Å². The van der Waals surface area contributed by atoms with Crippen molar-refractivity contribution in [2.24, 2.45) is 5.41 Å². The molecule has 2 unspecified atom stereocenters. The molecule has 21 heavy (non-hydrogen) atoms. The minimum Gasteiger partial charge on any atom is -0.481 e. The van der Waals surface area contributed by atoms with Crippen LogP contribution >= 0.6 is 34.8 Å². The molecule has 1 aromatic rings. The van der Waals surface area contributed by atoms with E-state index in [1.165, 1.54) is 7.11 Å². The van der Waals surface area contributed by atoms with Crippen molar-refractivity contribution in [1.82, 2.24) is 0 Å². The minimum atomic E-state index is -1.44. The van der Waals surface area contributed by atoms with E-state index in [-0.39, 0.29) is 6.42 Å². The summed E-state index contributed by atoms with van der Waals surface area (Å²) in [6.45, 7) is 3.58. The fourth-order valence-electron chi connectivity index (χ4n) is 2.27. The molecule has 1 N–H and O–H groups in total. The van der Waals surface area contributed by atoms with Crippen LogP contribution < -0.4 is 0 Å². The van der Waals surface area contributed by atoms with Gasteiger partial charge in [0.15, 0.2) is 0 Å². The Morgan fingerprint density at radius 2 is 1.81 bits per heavy atom. The average molecular weight is 354 g/mol. The lowest BCUT2D eigenvalue weighted by atomic mass is 9.71. The number of aliphatic carboxylic acids is 1. The van der Waals surface area contributed by atoms with Crippen LogP contribution in [0.2, 0.25) is 0 Å². The van der Waals surface area contributed by atoms with E-state index in [1.807, 2.05) is 6.07 Å². The maximum Gasteiger partial charge on any atom is 0.311 e. The van der Waals surface area contributed by atoms with Crippen molar-refractivity contribution in [3.05, 3.63) is 35.9 Å². The molecule has 0 fully saturated rings. The predicted octanol–water partition coefficient (Wildman–Crippen LogP) is 4.66. The molecular weight excluding hydrogens is 335 g/mol. The van der Waals surface area contributed by atoms with Crippen LogP contribution in [-0.2, 0) is 9.53 Å². The van der Waals surface area contributed by atoms with Crippen LogP contribution in [0.15, 0.2) is 30.3 Å². The number of hydrogen-bond acceptors (Lipinski definition) is 2. The Kier molecular flexibility index (Phi) is 6.36. The quantitative estimate of drug-likeness (QED) is 0.725. The Hall–Kier alpha value is -0.480. The van der Waals surface area contributed by atoms with Gasteiger partial charge in [0.1, 0.15) is 0 Å². The fourth-order valence-corrected chi connectivity index (χ4v) is 3.08. The highest BCUT2D eigenvalue weighted by atomic mass is 35.5. The standard InChI is InChI=1S/C15H19Cl3O3/c1-14(2,11(16)9-15(17,18)21-3)12(13(19)20)10-7-5-4-6-8-10/h4-8,11-12H,9H2,1-3H3,(H,19,20). The maximum absolute atomic E-state index is 11.7. The molecule has 0 spiro atoms. The highest BCUT2D eigenvalue weighted by Crippen LogP contribution is 2.45. The monoisotopic (exact) mass is 352 g/mol. The summed E-state index contributed by atoms with van der Waals surface area (Å²) in [6.07, 6.45) is 0.109. The third-order valence-corrected chi connectivity index (χ3v) is 4.98. The second kappa shape index (κ2) is 7.19. The molecule has 2 atom stereocenters. The molecule has 0 heterocycles. The van der Waals surface area contributed by atoms with Crippen molar-refractivity contribution in [1.29, 1.82) is 0 Å². The molecule has 0 aromatic heterocycles. The second-order valence-electron chi connectivity index (χ2n) is 5.52. The van der Waals surface area contributed by atoms with Gasteiger partial charge in [-0.3, -0.25) is 4.79 Å². The average Bonchev–Trinajstić information content (AvgIpc) is 2.38. The van der Waals surface area contributed by atoms with Crippen LogP contribution in [0.5, 0.6) is 0 Å². The number of alkyl halides is 3. The van der Waals surface area contributed by atoms with Crippen molar-refractivity contribution in [3.63, 3.8) is 0 Å². The van der Waals surface area contributed by atoms with Crippen molar-refractivity contribution in [2.45, 2.75) is 36.1 Å². The van der Waals surface area contributed by atoms with Gasteiger partial charge in [-0.05, 0) is 11.0 Å². The van der Waals surface area contributed by atoms with E-state index >= 15 is 0 Å². The molecule has 1 aromatic carbocycles. The van der Waals surface area contributed by atoms with E-state index in [9.17, 15) is 9.90 Å². The predicted molar refractivity (Wildman–Crippen MR) is 86.3 cm³/mol. The zero-order chi connectivity index (χ0) is 16.3. The van der Waals surface area contributed by atoms with Gasteiger partial charge >= 0.3 is 5.97 Å². The van der Waals surface area contributed by atoms with Gasteiger partial charge in [-0.25, -0.2) is 0 Å². The molecule has 118 valence electrons. The van der Waals surface area contributed by atoms with Gasteiger partial charge < -0.3 is 9.84 Å². The van der Waals surface area contributed by atoms with Crippen molar-refractivity contribution in [3.8, 4) is 0 Å². The van der Waals surface area contributed by atoms with E-state index in [0.29, 0.717) is 5.56 Å². The number of benzene rings is 1. The third kappa shape index (κ3) is 4.75. The zero-order valence-electron chi connectivity index (χ0n) is 12.1. The Bertz CT molecular complexity index is 474. The molecule has 0 aliphatic carbocycles. The summed E-state index contributed by atoms with van der Waals surface area (Å²) in [7, 11) is 1.38. The molecule has 1 rings (SSSR count). The summed E-state index contributed by atoms with van der Waals surface area (Å²) in [6, 6.07) is 8.98. The van der Waals surface area contributed by atoms with Crippen molar-refractivity contribution in [2.75, 3.05) is 7.11 Å². The van der Waals surface area contributed by atoms with Crippen LogP contribution in [-0.4, -0.2) is 28.1 Å². The van der Waals surface area contributed by atoms with Crippen LogP contribution in [0.3, 0.4) is 0 Å². The van der Waals surface area contributed by atoms with E-state index in [1.54, 1.807) is 38.1 Å². The second-order valence-corrected chi connectivity index (χ2v) is 7.46. The summed E-state index contributed by atoms with van der Waals surface area (Å²) in [5.41, 5.74) is -0.0877. The Morgan fingerprint density at radius 3 is 2.24 bits per heavy atom. The smallest absolute Gasteiger partial charge is 0.311 e. The fraction of sp³-hybridized carbons (Fsp3) is 0.533. The summed E-state index contributed by atoms with van der Waals surface area (Å²) in [5, 5.41) is 9.02. The van der Waals surface area contributed by atoms with E-state index in [2.05, 4.69) is 0 Å². The van der Waals surface area contributed by atoms with Crippen molar-refractivity contribution < 1.29 is 14.6 Å². The van der Waals surface area contributed by atoms with Gasteiger partial charge in [0.2, 0.25) is 4.52 Å². The first kappa shape index (κ1) is 18.6. The number of carboxylic acids is 1. The SMILES string of the molecule is COC(Cl)(Cl)CC(Cl)C(C)(C)C(C(=O)O)c1ccccc1. The van der Waals surface area contributed by atoms with E-state index < -0.39 is 27.2 Å². The molecule has 6 heteroatoms. The number of methoxy groups -OCH3 is 1. The highest BCUT2D eigenvalue weighted by Gasteiger charge is 2.44. The molecule has 0 aliphatic rings. The van der Waals surface area contributed by atoms with Crippen LogP contribution in [0, 0.1) is 5.41 Å². The van der Waals surface area contributed by atoms with Gasteiger partial charge in [0, 0.05) is 18.9 Å². The van der Waals surface area contributed by atoms with Crippen molar-refractivity contribution >= 4 is 40.8 Å². The Balaban J connectivity index is 3.09. The number of halogens is 3. The lowest BCUT2D eigenvalue weighted by molar-refractivity contribution is -0.141. The minimum absolute atomic E-state index is 0.109. The summed E-state index contributed by atoms with van der Waals surface area (Å²) in [5.74, 6) is -1.72. The molecule has 3 nitrogen and oxygen atoms in total. The van der Waals surface area contributed by atoms with Gasteiger partial charge in [-0.2, -0.15) is 0 Å². The van der Waals surface area contributed by atoms with Gasteiger partial charge in [-0.1, -0.05) is 67.4 Å². The number of carbonyl (C=O) groups is 1. The molecule has 0 aliphatic heterocycles.